The third kappa shape index (κ3) is 5.55. The normalized spacial score (nSPS) is 16.3. The van der Waals surface area contributed by atoms with Gasteiger partial charge in [0.05, 0.1) is 0 Å². The predicted octanol–water partition coefficient (Wildman–Crippen LogP) is 2.24. The number of alkyl halides is 3. The second-order valence-electron chi connectivity index (χ2n) is 5.26. The Morgan fingerprint density at radius 3 is 2.45 bits per heavy atom. The molecule has 0 radical (unpaired) electrons. The fourth-order valence-corrected chi connectivity index (χ4v) is 2.42. The van der Waals surface area contributed by atoms with Gasteiger partial charge >= 0.3 is 6.36 Å². The van der Waals surface area contributed by atoms with Crippen molar-refractivity contribution < 1.29 is 22.7 Å². The Morgan fingerprint density at radius 1 is 1.23 bits per heavy atom. The monoisotopic (exact) mass is 316 g/mol. The van der Waals surface area contributed by atoms with Gasteiger partial charge in [0.25, 0.3) is 0 Å². The van der Waals surface area contributed by atoms with E-state index in [9.17, 15) is 18.0 Å². The maximum atomic E-state index is 12.0. The van der Waals surface area contributed by atoms with Crippen LogP contribution in [0.5, 0.6) is 5.75 Å². The highest BCUT2D eigenvalue weighted by molar-refractivity contribution is 5.78. The first-order valence-electron chi connectivity index (χ1n) is 7.27. The number of piperidine rings is 1. The van der Waals surface area contributed by atoms with Gasteiger partial charge in [0.2, 0.25) is 5.91 Å². The van der Waals surface area contributed by atoms with Gasteiger partial charge < -0.3 is 15.4 Å². The summed E-state index contributed by atoms with van der Waals surface area (Å²) in [5.74, 6) is -0.127. The average Bonchev–Trinajstić information content (AvgIpc) is 2.48. The summed E-state index contributed by atoms with van der Waals surface area (Å²) in [5, 5.41) is 6.08. The molecule has 1 heterocycles. The number of carbonyl (C=O) groups is 1. The molecule has 0 unspecified atom stereocenters. The molecule has 1 aliphatic rings. The molecule has 1 aliphatic heterocycles. The van der Waals surface area contributed by atoms with Gasteiger partial charge in [0, 0.05) is 12.5 Å². The zero-order valence-electron chi connectivity index (χ0n) is 12.1. The summed E-state index contributed by atoms with van der Waals surface area (Å²) < 4.78 is 39.9. The highest BCUT2D eigenvalue weighted by atomic mass is 19.4. The Kier molecular flexibility index (Phi) is 5.65. The number of carbonyl (C=O) groups excluding carboxylic acids is 1. The summed E-state index contributed by atoms with van der Waals surface area (Å²) in [6, 6.07) is 5.68. The lowest BCUT2D eigenvalue weighted by molar-refractivity contribution is -0.274. The molecule has 1 amide bonds. The van der Waals surface area contributed by atoms with Crippen LogP contribution in [0.25, 0.3) is 0 Å². The van der Waals surface area contributed by atoms with Crippen molar-refractivity contribution in [2.75, 3.05) is 19.6 Å². The molecule has 0 saturated carbocycles. The zero-order valence-corrected chi connectivity index (χ0v) is 12.1. The fraction of sp³-hybridized carbons (Fsp3) is 0.533. The molecule has 4 nitrogen and oxygen atoms in total. The highest BCUT2D eigenvalue weighted by Gasteiger charge is 2.30. The predicted molar refractivity (Wildman–Crippen MR) is 75.4 cm³/mol. The molecule has 1 aromatic rings. The van der Waals surface area contributed by atoms with Crippen molar-refractivity contribution in [3.8, 4) is 5.75 Å². The number of hydrogen-bond donors (Lipinski definition) is 2. The minimum absolute atomic E-state index is 0.0542. The standard InChI is InChI=1S/C15H19F3N2O2/c16-15(17,18)22-13-3-1-11(2-4-13)5-10-20-14(21)12-6-8-19-9-7-12/h1-4,12,19H,5-10H2,(H,20,21). The van der Waals surface area contributed by atoms with Crippen LogP contribution in [-0.2, 0) is 11.2 Å². The van der Waals surface area contributed by atoms with Gasteiger partial charge in [-0.3, -0.25) is 4.79 Å². The number of nitrogens with one attached hydrogen (secondary N) is 2. The van der Waals surface area contributed by atoms with Gasteiger partial charge in [-0.1, -0.05) is 12.1 Å². The first-order valence-corrected chi connectivity index (χ1v) is 7.27. The molecule has 122 valence electrons. The molecular formula is C15H19F3N2O2. The Bertz CT molecular complexity index is 483. The molecule has 1 fully saturated rings. The quantitative estimate of drug-likeness (QED) is 0.876. The molecule has 22 heavy (non-hydrogen) atoms. The van der Waals surface area contributed by atoms with E-state index >= 15 is 0 Å². The first-order chi connectivity index (χ1) is 10.4. The number of benzene rings is 1. The maximum Gasteiger partial charge on any atom is 0.573 e. The second-order valence-corrected chi connectivity index (χ2v) is 5.26. The molecule has 0 spiro atoms. The average molecular weight is 316 g/mol. The number of ether oxygens (including phenoxy) is 1. The molecule has 2 N–H and O–H groups in total. The number of rotatable bonds is 5. The first kappa shape index (κ1) is 16.6. The molecule has 0 atom stereocenters. The highest BCUT2D eigenvalue weighted by Crippen LogP contribution is 2.22. The summed E-state index contributed by atoms with van der Waals surface area (Å²) in [7, 11) is 0. The Morgan fingerprint density at radius 2 is 1.86 bits per heavy atom. The maximum absolute atomic E-state index is 12.0. The van der Waals surface area contributed by atoms with Crippen molar-refractivity contribution >= 4 is 5.91 Å². The molecule has 0 aliphatic carbocycles. The van der Waals surface area contributed by atoms with E-state index in [0.29, 0.717) is 13.0 Å². The minimum atomic E-state index is -4.68. The van der Waals surface area contributed by atoms with E-state index in [1.165, 1.54) is 12.1 Å². The van der Waals surface area contributed by atoms with Crippen LogP contribution < -0.4 is 15.4 Å². The molecular weight excluding hydrogens is 297 g/mol. The fourth-order valence-electron chi connectivity index (χ4n) is 2.42. The third-order valence-corrected chi connectivity index (χ3v) is 3.58. The third-order valence-electron chi connectivity index (χ3n) is 3.58. The molecule has 7 heteroatoms. The lowest BCUT2D eigenvalue weighted by atomic mass is 9.97. The lowest BCUT2D eigenvalue weighted by Gasteiger charge is -2.21. The molecule has 1 saturated heterocycles. The number of halogens is 3. The van der Waals surface area contributed by atoms with Crippen LogP contribution in [0, 0.1) is 5.92 Å². The van der Waals surface area contributed by atoms with Crippen molar-refractivity contribution in [2.24, 2.45) is 5.92 Å². The van der Waals surface area contributed by atoms with Gasteiger partial charge in [0.15, 0.2) is 0 Å². The van der Waals surface area contributed by atoms with Crippen LogP contribution >= 0.6 is 0 Å². The smallest absolute Gasteiger partial charge is 0.406 e. The van der Waals surface area contributed by atoms with Gasteiger partial charge in [-0.2, -0.15) is 0 Å². The second kappa shape index (κ2) is 7.49. The van der Waals surface area contributed by atoms with Crippen molar-refractivity contribution in [2.45, 2.75) is 25.6 Å². The van der Waals surface area contributed by atoms with Crippen LogP contribution in [0.1, 0.15) is 18.4 Å². The summed E-state index contributed by atoms with van der Waals surface area (Å²) in [4.78, 5) is 11.9. The lowest BCUT2D eigenvalue weighted by Crippen LogP contribution is -2.38. The van der Waals surface area contributed by atoms with E-state index < -0.39 is 6.36 Å². The summed E-state index contributed by atoms with van der Waals surface area (Å²) in [6.45, 7) is 2.19. The topological polar surface area (TPSA) is 50.4 Å². The van der Waals surface area contributed by atoms with Crippen molar-refractivity contribution in [1.82, 2.24) is 10.6 Å². The summed E-state index contributed by atoms with van der Waals surface area (Å²) in [5.41, 5.74) is 0.847. The van der Waals surface area contributed by atoms with Gasteiger partial charge in [0.1, 0.15) is 5.75 Å². The Hall–Kier alpha value is -1.76. The SMILES string of the molecule is O=C(NCCc1ccc(OC(F)(F)F)cc1)C1CCNCC1. The van der Waals surface area contributed by atoms with E-state index in [2.05, 4.69) is 15.4 Å². The van der Waals surface area contributed by atoms with Gasteiger partial charge in [-0.15, -0.1) is 13.2 Å². The van der Waals surface area contributed by atoms with Crippen LogP contribution in [-0.4, -0.2) is 31.9 Å². The van der Waals surface area contributed by atoms with Gasteiger partial charge in [-0.05, 0) is 50.0 Å². The van der Waals surface area contributed by atoms with E-state index in [4.69, 9.17) is 0 Å². The van der Waals surface area contributed by atoms with Crippen LogP contribution in [0.3, 0.4) is 0 Å². The van der Waals surface area contributed by atoms with Crippen molar-refractivity contribution in [1.29, 1.82) is 0 Å². The minimum Gasteiger partial charge on any atom is -0.406 e. The number of hydrogen-bond acceptors (Lipinski definition) is 3. The summed E-state index contributed by atoms with van der Waals surface area (Å²) in [6.07, 6.45) is -2.42. The molecule has 1 aromatic carbocycles. The Balaban J connectivity index is 1.73. The van der Waals surface area contributed by atoms with Crippen LogP contribution in [0.15, 0.2) is 24.3 Å². The van der Waals surface area contributed by atoms with Crippen LogP contribution in [0.2, 0.25) is 0 Å². The largest absolute Gasteiger partial charge is 0.573 e. The molecule has 0 aromatic heterocycles. The van der Waals surface area contributed by atoms with E-state index in [0.717, 1.165) is 31.5 Å². The van der Waals surface area contributed by atoms with Crippen molar-refractivity contribution in [3.63, 3.8) is 0 Å². The molecule has 2 rings (SSSR count). The van der Waals surface area contributed by atoms with Crippen molar-refractivity contribution in [3.05, 3.63) is 29.8 Å². The van der Waals surface area contributed by atoms with E-state index in [-0.39, 0.29) is 17.6 Å². The Labute approximate surface area is 127 Å². The van der Waals surface area contributed by atoms with Gasteiger partial charge in [-0.25, -0.2) is 0 Å². The van der Waals surface area contributed by atoms with Crippen LogP contribution in [0.4, 0.5) is 13.2 Å². The molecule has 0 bridgehead atoms. The van der Waals surface area contributed by atoms with E-state index in [1.54, 1.807) is 12.1 Å². The number of amides is 1. The van der Waals surface area contributed by atoms with E-state index in [1.807, 2.05) is 0 Å². The summed E-state index contributed by atoms with van der Waals surface area (Å²) >= 11 is 0. The zero-order chi connectivity index (χ0) is 16.0.